The van der Waals surface area contributed by atoms with Gasteiger partial charge in [0.1, 0.15) is 6.10 Å². The molecule has 5 nitrogen and oxygen atoms in total. The summed E-state index contributed by atoms with van der Waals surface area (Å²) in [5.41, 5.74) is 1.37. The van der Waals surface area contributed by atoms with E-state index in [4.69, 9.17) is 9.84 Å². The lowest BCUT2D eigenvalue weighted by molar-refractivity contribution is -0.136. The predicted molar refractivity (Wildman–Crippen MR) is 83.8 cm³/mol. The van der Waals surface area contributed by atoms with Gasteiger partial charge in [-0.2, -0.15) is 0 Å². The van der Waals surface area contributed by atoms with Crippen LogP contribution < -0.4 is 5.32 Å². The van der Waals surface area contributed by atoms with Crippen LogP contribution in [0.5, 0.6) is 0 Å². The van der Waals surface area contributed by atoms with Crippen molar-refractivity contribution in [3.63, 3.8) is 0 Å². The number of anilines is 1. The Balaban J connectivity index is 1.89. The van der Waals surface area contributed by atoms with Gasteiger partial charge in [-0.15, -0.1) is 0 Å². The minimum atomic E-state index is -0.868. The molecule has 1 unspecified atom stereocenters. The Morgan fingerprint density at radius 3 is 2.45 bits per heavy atom. The molecule has 2 N–H and O–H groups in total. The summed E-state index contributed by atoms with van der Waals surface area (Å²) in [6.07, 6.45) is 4.81. The topological polar surface area (TPSA) is 75.6 Å². The minimum absolute atomic E-state index is 0.0173. The van der Waals surface area contributed by atoms with Gasteiger partial charge in [0.15, 0.2) is 0 Å². The van der Waals surface area contributed by atoms with Crippen molar-refractivity contribution in [2.45, 2.75) is 57.7 Å². The van der Waals surface area contributed by atoms with Crippen molar-refractivity contribution < 1.29 is 19.4 Å². The molecule has 1 saturated carbocycles. The summed E-state index contributed by atoms with van der Waals surface area (Å²) in [6.45, 7) is 1.94. The number of amides is 1. The van der Waals surface area contributed by atoms with Crippen LogP contribution in [-0.4, -0.2) is 29.2 Å². The Bertz CT molecular complexity index is 506. The van der Waals surface area contributed by atoms with Crippen LogP contribution in [0.4, 0.5) is 5.69 Å². The van der Waals surface area contributed by atoms with Gasteiger partial charge in [-0.1, -0.05) is 31.9 Å². The number of rotatable bonds is 7. The summed E-state index contributed by atoms with van der Waals surface area (Å²) in [7, 11) is 0. The molecule has 0 aromatic heterocycles. The lowest BCUT2D eigenvalue weighted by Gasteiger charge is -2.20. The lowest BCUT2D eigenvalue weighted by Crippen LogP contribution is -2.32. The van der Waals surface area contributed by atoms with E-state index in [0.717, 1.165) is 12.8 Å². The summed E-state index contributed by atoms with van der Waals surface area (Å²) < 4.78 is 5.88. The van der Waals surface area contributed by atoms with E-state index in [9.17, 15) is 9.59 Å². The molecule has 0 spiro atoms. The van der Waals surface area contributed by atoms with E-state index in [1.54, 1.807) is 24.3 Å². The number of ether oxygens (including phenoxy) is 1. The third-order valence-electron chi connectivity index (χ3n) is 3.90. The van der Waals surface area contributed by atoms with E-state index >= 15 is 0 Å². The highest BCUT2D eigenvalue weighted by atomic mass is 16.5. The molecule has 1 aromatic rings. The van der Waals surface area contributed by atoms with Crippen molar-refractivity contribution in [1.82, 2.24) is 0 Å². The molecule has 120 valence electrons. The van der Waals surface area contributed by atoms with Crippen LogP contribution in [0, 0.1) is 0 Å². The molecule has 1 amide bonds. The fourth-order valence-corrected chi connectivity index (χ4v) is 2.70. The van der Waals surface area contributed by atoms with Crippen molar-refractivity contribution in [3.05, 3.63) is 29.8 Å². The van der Waals surface area contributed by atoms with Gasteiger partial charge < -0.3 is 15.2 Å². The fourth-order valence-electron chi connectivity index (χ4n) is 2.70. The van der Waals surface area contributed by atoms with E-state index in [2.05, 4.69) is 5.32 Å². The molecule has 0 bridgehead atoms. The van der Waals surface area contributed by atoms with E-state index in [-0.39, 0.29) is 18.4 Å². The van der Waals surface area contributed by atoms with E-state index in [1.807, 2.05) is 6.92 Å². The molecule has 1 aromatic carbocycles. The van der Waals surface area contributed by atoms with Crippen molar-refractivity contribution in [2.75, 3.05) is 5.32 Å². The number of carbonyl (C=O) groups excluding carboxylic acids is 1. The monoisotopic (exact) mass is 305 g/mol. The summed E-state index contributed by atoms with van der Waals surface area (Å²) in [5, 5.41) is 11.6. The second-order valence-electron chi connectivity index (χ2n) is 5.70. The first-order valence-corrected chi connectivity index (χ1v) is 7.85. The molecule has 0 aliphatic heterocycles. The van der Waals surface area contributed by atoms with Crippen molar-refractivity contribution >= 4 is 17.6 Å². The zero-order chi connectivity index (χ0) is 15.9. The van der Waals surface area contributed by atoms with Gasteiger partial charge in [0.2, 0.25) is 0 Å². The van der Waals surface area contributed by atoms with Crippen LogP contribution in [0.3, 0.4) is 0 Å². The quantitative estimate of drug-likeness (QED) is 0.812. The van der Waals surface area contributed by atoms with Gasteiger partial charge in [0, 0.05) is 5.69 Å². The van der Waals surface area contributed by atoms with Gasteiger partial charge in [0.05, 0.1) is 12.5 Å². The fraction of sp³-hybridized carbons (Fsp3) is 0.529. The minimum Gasteiger partial charge on any atom is -0.481 e. The highest BCUT2D eigenvalue weighted by Gasteiger charge is 2.24. The maximum absolute atomic E-state index is 12.3. The van der Waals surface area contributed by atoms with Gasteiger partial charge in [0.25, 0.3) is 5.91 Å². The number of carbonyl (C=O) groups is 2. The van der Waals surface area contributed by atoms with Crippen molar-refractivity contribution in [3.8, 4) is 0 Å². The summed E-state index contributed by atoms with van der Waals surface area (Å²) in [5.74, 6) is -1.01. The van der Waals surface area contributed by atoms with Gasteiger partial charge >= 0.3 is 5.97 Å². The number of carboxylic acid groups (broad SMARTS) is 1. The predicted octanol–water partition coefficient (Wildman–Crippen LogP) is 2.99. The third-order valence-corrected chi connectivity index (χ3v) is 3.90. The van der Waals surface area contributed by atoms with E-state index < -0.39 is 12.1 Å². The van der Waals surface area contributed by atoms with Crippen LogP contribution in [0.25, 0.3) is 0 Å². The molecular formula is C17H23NO4. The molecule has 0 heterocycles. The smallest absolute Gasteiger partial charge is 0.307 e. The van der Waals surface area contributed by atoms with E-state index in [0.29, 0.717) is 17.7 Å². The van der Waals surface area contributed by atoms with Crippen molar-refractivity contribution in [1.29, 1.82) is 0 Å². The second-order valence-corrected chi connectivity index (χ2v) is 5.70. The first-order valence-electron chi connectivity index (χ1n) is 7.85. The lowest BCUT2D eigenvalue weighted by atomic mass is 10.1. The number of hydrogen-bond acceptors (Lipinski definition) is 3. The molecule has 0 radical (unpaired) electrons. The average Bonchev–Trinajstić information content (AvgIpc) is 2.99. The Hall–Kier alpha value is -1.88. The number of benzene rings is 1. The highest BCUT2D eigenvalue weighted by Crippen LogP contribution is 2.23. The zero-order valence-corrected chi connectivity index (χ0v) is 12.9. The largest absolute Gasteiger partial charge is 0.481 e. The molecular weight excluding hydrogens is 282 g/mol. The molecule has 2 rings (SSSR count). The van der Waals surface area contributed by atoms with Gasteiger partial charge in [-0.25, -0.2) is 0 Å². The Kier molecular flexibility index (Phi) is 5.95. The SMILES string of the molecule is CCC(OC1CCCC1)C(=O)Nc1ccc(CC(=O)O)cc1. The first kappa shape index (κ1) is 16.5. The standard InChI is InChI=1S/C17H23NO4/c1-2-15(22-14-5-3-4-6-14)17(21)18-13-9-7-12(8-10-13)11-16(19)20/h7-10,14-15H,2-6,11H2,1H3,(H,18,21)(H,19,20). The summed E-state index contributed by atoms with van der Waals surface area (Å²) in [6, 6.07) is 6.86. The number of aliphatic carboxylic acids is 1. The molecule has 1 aliphatic carbocycles. The molecule has 1 atom stereocenters. The summed E-state index contributed by atoms with van der Waals surface area (Å²) >= 11 is 0. The third kappa shape index (κ3) is 4.84. The van der Waals surface area contributed by atoms with Gasteiger partial charge in [-0.3, -0.25) is 9.59 Å². The number of hydrogen-bond donors (Lipinski definition) is 2. The van der Waals surface area contributed by atoms with Crippen LogP contribution in [-0.2, 0) is 20.7 Å². The Morgan fingerprint density at radius 1 is 1.27 bits per heavy atom. The normalized spacial score (nSPS) is 16.4. The highest BCUT2D eigenvalue weighted by molar-refractivity contribution is 5.94. The molecule has 1 aliphatic rings. The first-order chi connectivity index (χ1) is 10.6. The van der Waals surface area contributed by atoms with Gasteiger partial charge in [-0.05, 0) is 37.0 Å². The van der Waals surface area contributed by atoms with Crippen LogP contribution in [0.2, 0.25) is 0 Å². The van der Waals surface area contributed by atoms with Crippen LogP contribution in [0.1, 0.15) is 44.6 Å². The van der Waals surface area contributed by atoms with E-state index in [1.165, 1.54) is 12.8 Å². The Morgan fingerprint density at radius 2 is 1.91 bits per heavy atom. The summed E-state index contributed by atoms with van der Waals surface area (Å²) in [4.78, 5) is 22.9. The number of nitrogens with one attached hydrogen (secondary N) is 1. The molecule has 5 heteroatoms. The molecule has 1 fully saturated rings. The molecule has 22 heavy (non-hydrogen) atoms. The van der Waals surface area contributed by atoms with Crippen molar-refractivity contribution in [2.24, 2.45) is 0 Å². The average molecular weight is 305 g/mol. The van der Waals surface area contributed by atoms with Crippen LogP contribution >= 0.6 is 0 Å². The zero-order valence-electron chi connectivity index (χ0n) is 12.9. The maximum Gasteiger partial charge on any atom is 0.307 e. The number of carboxylic acids is 1. The Labute approximate surface area is 130 Å². The van der Waals surface area contributed by atoms with Crippen LogP contribution in [0.15, 0.2) is 24.3 Å². The second kappa shape index (κ2) is 7.94. The molecule has 0 saturated heterocycles. The maximum atomic E-state index is 12.3.